The maximum atomic E-state index is 13.6. The second-order valence-electron chi connectivity index (χ2n) is 8.14. The van der Waals surface area contributed by atoms with Gasteiger partial charge in [-0.3, -0.25) is 13.9 Å². The highest BCUT2D eigenvalue weighted by molar-refractivity contribution is 14.1. The molecule has 2 atom stereocenters. The summed E-state index contributed by atoms with van der Waals surface area (Å²) in [5.74, 6) is -0.732. The summed E-state index contributed by atoms with van der Waals surface area (Å²) in [7, 11) is -3.75. The number of hydrogen-bond donors (Lipinski definition) is 1. The summed E-state index contributed by atoms with van der Waals surface area (Å²) in [6.07, 6.45) is 2.20. The molecule has 0 aromatic heterocycles. The van der Waals surface area contributed by atoms with E-state index in [0.29, 0.717) is 17.1 Å². The average molecular weight is 620 g/mol. The van der Waals surface area contributed by atoms with Gasteiger partial charge in [-0.15, -0.1) is 0 Å². The maximum absolute atomic E-state index is 13.6. The Kier molecular flexibility index (Phi) is 10.6. The summed E-state index contributed by atoms with van der Waals surface area (Å²) in [4.78, 5) is 28.1. The fourth-order valence-corrected chi connectivity index (χ4v) is 4.70. The fraction of sp³-hybridized carbons (Fsp3) is 0.417. The van der Waals surface area contributed by atoms with E-state index in [1.54, 1.807) is 48.5 Å². The molecule has 0 heterocycles. The van der Waals surface area contributed by atoms with E-state index >= 15 is 0 Å². The number of amides is 2. The molecule has 0 unspecified atom stereocenters. The minimum absolute atomic E-state index is 0.0478. The third-order valence-corrected chi connectivity index (χ3v) is 7.56. The monoisotopic (exact) mass is 619 g/mol. The van der Waals surface area contributed by atoms with Gasteiger partial charge in [0.15, 0.2) is 0 Å². The molecule has 2 aromatic rings. The van der Waals surface area contributed by atoms with Crippen LogP contribution in [0.3, 0.4) is 0 Å². The van der Waals surface area contributed by atoms with Gasteiger partial charge in [0, 0.05) is 21.2 Å². The largest absolute Gasteiger partial charge is 0.352 e. The highest BCUT2D eigenvalue weighted by atomic mass is 127. The van der Waals surface area contributed by atoms with Crippen LogP contribution in [-0.2, 0) is 26.2 Å². The number of sulfonamides is 1. The Balaban J connectivity index is 2.41. The van der Waals surface area contributed by atoms with E-state index in [0.717, 1.165) is 26.1 Å². The topological polar surface area (TPSA) is 86.8 Å². The molecule has 10 heteroatoms. The quantitative estimate of drug-likeness (QED) is 0.377. The van der Waals surface area contributed by atoms with Crippen LogP contribution in [0.25, 0.3) is 0 Å². The van der Waals surface area contributed by atoms with Crippen LogP contribution in [0.4, 0.5) is 5.69 Å². The van der Waals surface area contributed by atoms with E-state index in [1.807, 2.05) is 20.8 Å². The zero-order valence-electron chi connectivity index (χ0n) is 19.8. The Morgan fingerprint density at radius 2 is 1.62 bits per heavy atom. The van der Waals surface area contributed by atoms with Crippen LogP contribution in [0.1, 0.15) is 39.2 Å². The number of rotatable bonds is 11. The Morgan fingerprint density at radius 3 is 2.12 bits per heavy atom. The number of nitrogens with zero attached hydrogens (tertiary/aromatic N) is 2. The molecular weight excluding hydrogens is 589 g/mol. The molecule has 0 spiro atoms. The first-order valence-electron chi connectivity index (χ1n) is 11.0. The average Bonchev–Trinajstić information content (AvgIpc) is 2.78. The van der Waals surface area contributed by atoms with Crippen LogP contribution in [0.15, 0.2) is 48.5 Å². The van der Waals surface area contributed by atoms with E-state index in [4.69, 9.17) is 11.6 Å². The van der Waals surface area contributed by atoms with Gasteiger partial charge in [0.2, 0.25) is 21.8 Å². The molecule has 2 amide bonds. The van der Waals surface area contributed by atoms with E-state index in [9.17, 15) is 18.0 Å². The van der Waals surface area contributed by atoms with Crippen molar-refractivity contribution in [2.45, 2.75) is 52.2 Å². The molecule has 0 fully saturated rings. The van der Waals surface area contributed by atoms with E-state index in [2.05, 4.69) is 27.9 Å². The van der Waals surface area contributed by atoms with Gasteiger partial charge in [0.1, 0.15) is 12.6 Å². The lowest BCUT2D eigenvalue weighted by molar-refractivity contribution is -0.140. The summed E-state index contributed by atoms with van der Waals surface area (Å²) in [5.41, 5.74) is 1.17. The number of nitrogens with one attached hydrogen (secondary N) is 1. The van der Waals surface area contributed by atoms with E-state index in [-0.39, 0.29) is 18.5 Å². The minimum atomic E-state index is -3.75. The van der Waals surface area contributed by atoms with Gasteiger partial charge in [-0.05, 0) is 84.3 Å². The van der Waals surface area contributed by atoms with Crippen LogP contribution in [0.5, 0.6) is 0 Å². The first-order valence-corrected chi connectivity index (χ1v) is 14.3. The normalized spacial score (nSPS) is 13.1. The van der Waals surface area contributed by atoms with Crippen molar-refractivity contribution >= 4 is 61.7 Å². The zero-order valence-corrected chi connectivity index (χ0v) is 23.5. The van der Waals surface area contributed by atoms with Crippen LogP contribution in [0, 0.1) is 3.57 Å². The standard InChI is InChI=1S/C24H31ClIN3O4S/c1-5-17(3)27-24(31)22(6-2)28(15-18-7-9-19(25)10-8-18)23(30)16-29(34(4,32)33)21-13-11-20(26)12-14-21/h7-14,17,22H,5-6,15-16H2,1-4H3,(H,27,31)/t17-,22+/m0/s1. The summed E-state index contributed by atoms with van der Waals surface area (Å²) >= 11 is 8.13. The van der Waals surface area contributed by atoms with Crippen molar-refractivity contribution in [1.29, 1.82) is 0 Å². The molecule has 0 radical (unpaired) electrons. The molecule has 1 N–H and O–H groups in total. The van der Waals surface area contributed by atoms with Crippen LogP contribution < -0.4 is 9.62 Å². The number of carbonyl (C=O) groups is 2. The maximum Gasteiger partial charge on any atom is 0.244 e. The number of benzene rings is 2. The summed E-state index contributed by atoms with van der Waals surface area (Å²) in [6, 6.07) is 13.1. The van der Waals surface area contributed by atoms with Crippen molar-refractivity contribution in [1.82, 2.24) is 10.2 Å². The fourth-order valence-electron chi connectivity index (χ4n) is 3.37. The molecule has 0 aliphatic rings. The van der Waals surface area contributed by atoms with Gasteiger partial charge in [0.05, 0.1) is 11.9 Å². The van der Waals surface area contributed by atoms with Crippen molar-refractivity contribution in [3.63, 3.8) is 0 Å². The first kappa shape index (κ1) is 28.4. The molecule has 186 valence electrons. The minimum Gasteiger partial charge on any atom is -0.352 e. The lowest BCUT2D eigenvalue weighted by atomic mass is 10.1. The van der Waals surface area contributed by atoms with Gasteiger partial charge >= 0.3 is 0 Å². The third-order valence-electron chi connectivity index (χ3n) is 5.45. The summed E-state index contributed by atoms with van der Waals surface area (Å²) in [5, 5.41) is 3.51. The van der Waals surface area contributed by atoms with Crippen molar-refractivity contribution in [2.75, 3.05) is 17.1 Å². The second-order valence-corrected chi connectivity index (χ2v) is 11.7. The van der Waals surface area contributed by atoms with Gasteiger partial charge in [-0.25, -0.2) is 8.42 Å². The number of hydrogen-bond acceptors (Lipinski definition) is 4. The molecule has 0 saturated carbocycles. The molecule has 0 aliphatic heterocycles. The SMILES string of the molecule is CC[C@H](C(=O)N[C@@H](C)CC)N(Cc1ccc(Cl)cc1)C(=O)CN(c1ccc(I)cc1)S(C)(=O)=O. The van der Waals surface area contributed by atoms with Crippen molar-refractivity contribution < 1.29 is 18.0 Å². The first-order chi connectivity index (χ1) is 16.0. The van der Waals surface area contributed by atoms with E-state index < -0.39 is 28.5 Å². The molecule has 2 rings (SSSR count). The number of carbonyl (C=O) groups excluding carboxylic acids is 2. The smallest absolute Gasteiger partial charge is 0.244 e. The van der Waals surface area contributed by atoms with Crippen LogP contribution in [0.2, 0.25) is 5.02 Å². The number of anilines is 1. The molecular formula is C24H31ClIN3O4S. The highest BCUT2D eigenvalue weighted by Crippen LogP contribution is 2.21. The zero-order chi connectivity index (χ0) is 25.5. The second kappa shape index (κ2) is 12.7. The molecule has 2 aromatic carbocycles. The Morgan fingerprint density at radius 1 is 1.03 bits per heavy atom. The predicted octanol–water partition coefficient (Wildman–Crippen LogP) is 4.43. The molecule has 0 saturated heterocycles. The van der Waals surface area contributed by atoms with Gasteiger partial charge in [0.25, 0.3) is 0 Å². The lowest BCUT2D eigenvalue weighted by Crippen LogP contribution is -2.53. The predicted molar refractivity (Wildman–Crippen MR) is 145 cm³/mol. The molecule has 0 bridgehead atoms. The van der Waals surface area contributed by atoms with Gasteiger partial charge in [-0.1, -0.05) is 37.6 Å². The molecule has 0 aliphatic carbocycles. The van der Waals surface area contributed by atoms with Crippen LogP contribution >= 0.6 is 34.2 Å². The third kappa shape index (κ3) is 8.13. The number of halogens is 2. The van der Waals surface area contributed by atoms with Crippen molar-refractivity contribution in [3.05, 3.63) is 62.7 Å². The Bertz CT molecular complexity index is 1080. The summed E-state index contributed by atoms with van der Waals surface area (Å²) in [6.45, 7) is 5.43. The Labute approximate surface area is 221 Å². The van der Waals surface area contributed by atoms with Gasteiger partial charge in [-0.2, -0.15) is 0 Å². The van der Waals surface area contributed by atoms with E-state index in [1.165, 1.54) is 4.90 Å². The molecule has 34 heavy (non-hydrogen) atoms. The highest BCUT2D eigenvalue weighted by Gasteiger charge is 2.32. The molecule has 7 nitrogen and oxygen atoms in total. The van der Waals surface area contributed by atoms with Crippen molar-refractivity contribution in [3.8, 4) is 0 Å². The van der Waals surface area contributed by atoms with Crippen LogP contribution in [-0.4, -0.2) is 50.0 Å². The van der Waals surface area contributed by atoms with Crippen molar-refractivity contribution in [2.24, 2.45) is 0 Å². The summed E-state index contributed by atoms with van der Waals surface area (Å²) < 4.78 is 27.2. The lowest BCUT2D eigenvalue weighted by Gasteiger charge is -2.33. The van der Waals surface area contributed by atoms with Gasteiger partial charge < -0.3 is 10.2 Å². The Hall–Kier alpha value is -1.85.